The number of halogens is 1. The largest absolute Gasteiger partial charge is 0.477 e. The topological polar surface area (TPSA) is 89.1 Å². The molecule has 2 aliphatic rings. The minimum Gasteiger partial charge on any atom is -0.477 e. The summed E-state index contributed by atoms with van der Waals surface area (Å²) in [5.41, 5.74) is 3.35. The number of rotatable bonds is 8. The molecule has 0 spiro atoms. The number of fused-ring (bicyclic) bond motifs is 1. The van der Waals surface area contributed by atoms with E-state index in [2.05, 4.69) is 37.4 Å². The van der Waals surface area contributed by atoms with Crippen LogP contribution in [-0.2, 0) is 11.3 Å². The summed E-state index contributed by atoms with van der Waals surface area (Å²) in [6, 6.07) is 6.20. The third-order valence-electron chi connectivity index (χ3n) is 7.42. The maximum atomic E-state index is 9.57. The molecule has 0 bridgehead atoms. The van der Waals surface area contributed by atoms with Crippen LogP contribution in [0.25, 0.3) is 22.3 Å². The first-order valence-electron chi connectivity index (χ1n) is 12.8. The van der Waals surface area contributed by atoms with Crippen molar-refractivity contribution in [1.29, 1.82) is 5.26 Å². The minimum absolute atomic E-state index is 0. The molecule has 0 aliphatic carbocycles. The third kappa shape index (κ3) is 5.80. The van der Waals surface area contributed by atoms with Crippen LogP contribution in [0, 0.1) is 30.1 Å². The smallest absolute Gasteiger partial charge is 0.234 e. The normalized spacial score (nSPS) is 18.8. The molecule has 9 heteroatoms. The molecule has 3 aromatic rings. The van der Waals surface area contributed by atoms with E-state index in [9.17, 15) is 5.26 Å². The number of hydrogen-bond donors (Lipinski definition) is 0. The first-order valence-corrected chi connectivity index (χ1v) is 12.8. The van der Waals surface area contributed by atoms with Crippen molar-refractivity contribution in [1.82, 2.24) is 24.4 Å². The monoisotopic (exact) mass is 510 g/mol. The Kier molecular flexibility index (Phi) is 8.78. The van der Waals surface area contributed by atoms with Gasteiger partial charge < -0.3 is 18.9 Å². The molecule has 3 aromatic heterocycles. The van der Waals surface area contributed by atoms with Crippen LogP contribution in [-0.4, -0.2) is 63.9 Å². The SMILES string of the molecule is CCN1CCC(CCOc2ncc(-c3nc(C#N)nc4c3ccn4CC3CCOC3)cc2C)CC1.Cl. The van der Waals surface area contributed by atoms with Gasteiger partial charge in [-0.2, -0.15) is 5.26 Å². The van der Waals surface area contributed by atoms with E-state index < -0.39 is 0 Å². The Labute approximate surface area is 219 Å². The summed E-state index contributed by atoms with van der Waals surface area (Å²) < 4.78 is 13.7. The second kappa shape index (κ2) is 12.0. The van der Waals surface area contributed by atoms with E-state index in [1.54, 1.807) is 6.20 Å². The molecule has 5 heterocycles. The number of nitrogens with zero attached hydrogens (tertiary/aromatic N) is 6. The number of aromatic nitrogens is 4. The van der Waals surface area contributed by atoms with E-state index in [1.165, 1.54) is 25.9 Å². The lowest BCUT2D eigenvalue weighted by Gasteiger charge is -2.30. The predicted molar refractivity (Wildman–Crippen MR) is 141 cm³/mol. The molecule has 0 N–H and O–H groups in total. The molecule has 0 saturated carbocycles. The van der Waals surface area contributed by atoms with Crippen LogP contribution < -0.4 is 4.74 Å². The van der Waals surface area contributed by atoms with Gasteiger partial charge in [0.25, 0.3) is 0 Å². The van der Waals surface area contributed by atoms with E-state index in [0.29, 0.717) is 18.4 Å². The predicted octanol–water partition coefficient (Wildman–Crippen LogP) is 4.63. The van der Waals surface area contributed by atoms with Crippen molar-refractivity contribution in [2.24, 2.45) is 11.8 Å². The Morgan fingerprint density at radius 2 is 2.03 bits per heavy atom. The molecule has 1 atom stereocenters. The molecule has 8 nitrogen and oxygen atoms in total. The van der Waals surface area contributed by atoms with Crippen molar-refractivity contribution < 1.29 is 9.47 Å². The van der Waals surface area contributed by atoms with Gasteiger partial charge in [0.15, 0.2) is 0 Å². The first-order chi connectivity index (χ1) is 17.1. The van der Waals surface area contributed by atoms with Crippen molar-refractivity contribution in [3.05, 3.63) is 35.9 Å². The van der Waals surface area contributed by atoms with Crippen LogP contribution in [0.3, 0.4) is 0 Å². The molecule has 192 valence electrons. The average Bonchev–Trinajstić information content (AvgIpc) is 3.55. The molecular weight excluding hydrogens is 476 g/mol. The molecule has 0 amide bonds. The lowest BCUT2D eigenvalue weighted by atomic mass is 9.94. The maximum Gasteiger partial charge on any atom is 0.234 e. The van der Waals surface area contributed by atoms with Crippen LogP contribution in [0.15, 0.2) is 24.5 Å². The van der Waals surface area contributed by atoms with Crippen LogP contribution in [0.5, 0.6) is 5.88 Å². The van der Waals surface area contributed by atoms with E-state index in [4.69, 9.17) is 9.47 Å². The van der Waals surface area contributed by atoms with E-state index in [0.717, 1.165) is 72.9 Å². The standard InChI is InChI=1S/C27H34N6O2.ClH/c1-3-32-9-4-20(5-10-32)8-13-35-27-19(2)14-22(16-29-27)25-23-6-11-33(17-21-7-12-34-18-21)26(23)31-24(15-28)30-25;/h6,11,14,16,20-21H,3-5,7-10,12-13,17-18H2,1-2H3;1H. The van der Waals surface area contributed by atoms with Crippen molar-refractivity contribution in [3.63, 3.8) is 0 Å². The lowest BCUT2D eigenvalue weighted by Crippen LogP contribution is -2.33. The fraction of sp³-hybridized carbons (Fsp3) is 0.556. The van der Waals surface area contributed by atoms with Crippen molar-refractivity contribution in [2.75, 3.05) is 39.5 Å². The quantitative estimate of drug-likeness (QED) is 0.436. The van der Waals surface area contributed by atoms with Gasteiger partial charge >= 0.3 is 0 Å². The van der Waals surface area contributed by atoms with Gasteiger partial charge in [-0.15, -0.1) is 12.4 Å². The van der Waals surface area contributed by atoms with Gasteiger partial charge in [-0.3, -0.25) is 0 Å². The second-order valence-electron chi connectivity index (χ2n) is 9.80. The highest BCUT2D eigenvalue weighted by Crippen LogP contribution is 2.30. The number of ether oxygens (including phenoxy) is 2. The Hall–Kier alpha value is -2.73. The van der Waals surface area contributed by atoms with Gasteiger partial charge in [0.05, 0.1) is 18.9 Å². The Morgan fingerprint density at radius 1 is 1.19 bits per heavy atom. The molecule has 36 heavy (non-hydrogen) atoms. The van der Waals surface area contributed by atoms with Crippen LogP contribution in [0.4, 0.5) is 0 Å². The molecule has 5 rings (SSSR count). The van der Waals surface area contributed by atoms with E-state index >= 15 is 0 Å². The highest BCUT2D eigenvalue weighted by Gasteiger charge is 2.21. The second-order valence-corrected chi connectivity index (χ2v) is 9.80. The summed E-state index contributed by atoms with van der Waals surface area (Å²) in [7, 11) is 0. The highest BCUT2D eigenvalue weighted by molar-refractivity contribution is 5.91. The van der Waals surface area contributed by atoms with Gasteiger partial charge in [0, 0.05) is 48.0 Å². The number of aryl methyl sites for hydroxylation is 1. The Morgan fingerprint density at radius 3 is 2.72 bits per heavy atom. The van der Waals surface area contributed by atoms with Gasteiger partial charge in [0.2, 0.25) is 11.7 Å². The summed E-state index contributed by atoms with van der Waals surface area (Å²) in [6.07, 6.45) is 8.45. The maximum absolute atomic E-state index is 9.57. The van der Waals surface area contributed by atoms with Crippen LogP contribution >= 0.6 is 12.4 Å². The van der Waals surface area contributed by atoms with Gasteiger partial charge in [0.1, 0.15) is 11.7 Å². The van der Waals surface area contributed by atoms with Crippen molar-refractivity contribution >= 4 is 23.4 Å². The van der Waals surface area contributed by atoms with Crippen LogP contribution in [0.2, 0.25) is 0 Å². The summed E-state index contributed by atoms with van der Waals surface area (Å²) >= 11 is 0. The fourth-order valence-corrected chi connectivity index (χ4v) is 5.24. The van der Waals surface area contributed by atoms with Crippen molar-refractivity contribution in [2.45, 2.75) is 46.1 Å². The lowest BCUT2D eigenvalue weighted by molar-refractivity contribution is 0.167. The molecule has 2 aliphatic heterocycles. The molecule has 0 aromatic carbocycles. The summed E-state index contributed by atoms with van der Waals surface area (Å²) in [4.78, 5) is 16.2. The number of pyridine rings is 1. The highest BCUT2D eigenvalue weighted by atomic mass is 35.5. The van der Waals surface area contributed by atoms with Gasteiger partial charge in [-0.1, -0.05) is 6.92 Å². The zero-order valence-electron chi connectivity index (χ0n) is 21.2. The fourth-order valence-electron chi connectivity index (χ4n) is 5.24. The van der Waals surface area contributed by atoms with Crippen molar-refractivity contribution in [3.8, 4) is 23.2 Å². The molecule has 2 saturated heterocycles. The zero-order valence-corrected chi connectivity index (χ0v) is 22.0. The summed E-state index contributed by atoms with van der Waals surface area (Å²) in [6.45, 7) is 10.9. The Balaban J connectivity index is 0.00000304. The number of hydrogen-bond acceptors (Lipinski definition) is 7. The number of likely N-dealkylation sites (tertiary alicyclic amines) is 1. The van der Waals surface area contributed by atoms with Gasteiger partial charge in [-0.05, 0) is 70.3 Å². The molecule has 0 radical (unpaired) electrons. The summed E-state index contributed by atoms with van der Waals surface area (Å²) in [5.74, 6) is 2.04. The minimum atomic E-state index is 0. The number of nitriles is 1. The zero-order chi connectivity index (χ0) is 24.2. The van der Waals surface area contributed by atoms with E-state index in [-0.39, 0.29) is 18.2 Å². The average molecular weight is 511 g/mol. The third-order valence-corrected chi connectivity index (χ3v) is 7.42. The molecular formula is C27H35ClN6O2. The Bertz CT molecular complexity index is 1210. The first kappa shape index (κ1) is 26.3. The number of piperidine rings is 1. The van der Waals surface area contributed by atoms with Gasteiger partial charge in [-0.25, -0.2) is 15.0 Å². The van der Waals surface area contributed by atoms with E-state index in [1.807, 2.05) is 25.3 Å². The molecule has 1 unspecified atom stereocenters. The summed E-state index contributed by atoms with van der Waals surface area (Å²) in [5, 5.41) is 10.5. The van der Waals surface area contributed by atoms with Crippen LogP contribution in [0.1, 0.15) is 44.0 Å². The molecule has 2 fully saturated rings.